The van der Waals surface area contributed by atoms with Crippen LogP contribution in [0.2, 0.25) is 0 Å². The number of rotatable bonds is 3. The fourth-order valence-electron chi connectivity index (χ4n) is 3.39. The van der Waals surface area contributed by atoms with Crippen LogP contribution >= 0.6 is 0 Å². The summed E-state index contributed by atoms with van der Waals surface area (Å²) in [6, 6.07) is 14.6. The molecule has 0 radical (unpaired) electrons. The van der Waals surface area contributed by atoms with Crippen LogP contribution in [0.1, 0.15) is 29.0 Å². The fourth-order valence-corrected chi connectivity index (χ4v) is 3.39. The van der Waals surface area contributed by atoms with Gasteiger partial charge in [-0.2, -0.15) is 0 Å². The van der Waals surface area contributed by atoms with Crippen molar-refractivity contribution in [3.63, 3.8) is 0 Å². The van der Waals surface area contributed by atoms with Gasteiger partial charge in [0.25, 0.3) is 0 Å². The summed E-state index contributed by atoms with van der Waals surface area (Å²) < 4.78 is 6.01. The second kappa shape index (κ2) is 5.99. The fraction of sp³-hybridized carbons (Fsp3) is 0.300. The molecule has 1 aliphatic carbocycles. The van der Waals surface area contributed by atoms with Crippen LogP contribution in [-0.2, 0) is 19.3 Å². The summed E-state index contributed by atoms with van der Waals surface area (Å²) in [4.78, 5) is 8.98. The summed E-state index contributed by atoms with van der Waals surface area (Å²) in [6.45, 7) is 2.15. The number of aryl methyl sites for hydroxylation is 2. The van der Waals surface area contributed by atoms with Crippen molar-refractivity contribution in [2.24, 2.45) is 5.92 Å². The maximum Gasteiger partial charge on any atom is 0.245 e. The van der Waals surface area contributed by atoms with Gasteiger partial charge in [0.1, 0.15) is 11.5 Å². The Morgan fingerprint density at radius 3 is 2.96 bits per heavy atom. The molecule has 1 atom stereocenters. The van der Waals surface area contributed by atoms with Gasteiger partial charge in [0.15, 0.2) is 0 Å². The summed E-state index contributed by atoms with van der Waals surface area (Å²) >= 11 is 0. The first-order chi connectivity index (χ1) is 11.3. The van der Waals surface area contributed by atoms with Crippen LogP contribution in [0.4, 0.5) is 0 Å². The minimum absolute atomic E-state index is 0.633. The molecule has 2 heterocycles. The number of hydrogen-bond donors (Lipinski definition) is 0. The van der Waals surface area contributed by atoms with Crippen molar-refractivity contribution in [3.05, 3.63) is 71.2 Å². The quantitative estimate of drug-likeness (QED) is 0.720. The van der Waals surface area contributed by atoms with Gasteiger partial charge in [-0.25, -0.2) is 4.98 Å². The van der Waals surface area contributed by atoms with E-state index >= 15 is 0 Å². The lowest BCUT2D eigenvalue weighted by Gasteiger charge is -2.20. The topological polar surface area (TPSA) is 38.9 Å². The van der Waals surface area contributed by atoms with E-state index in [0.29, 0.717) is 11.8 Å². The van der Waals surface area contributed by atoms with E-state index in [1.807, 2.05) is 18.2 Å². The molecule has 1 aliphatic rings. The Kier molecular flexibility index (Phi) is 3.70. The summed E-state index contributed by atoms with van der Waals surface area (Å²) in [6.07, 6.45) is 6.04. The Morgan fingerprint density at radius 2 is 2.13 bits per heavy atom. The van der Waals surface area contributed by atoms with Crippen LogP contribution in [0.5, 0.6) is 0 Å². The van der Waals surface area contributed by atoms with Crippen LogP contribution in [0, 0.1) is 12.8 Å². The smallest absolute Gasteiger partial charge is 0.245 e. The molecule has 0 spiro atoms. The van der Waals surface area contributed by atoms with Crippen molar-refractivity contribution in [1.82, 2.24) is 9.97 Å². The zero-order valence-corrected chi connectivity index (χ0v) is 13.3. The average Bonchev–Trinajstić information content (AvgIpc) is 2.99. The minimum Gasteiger partial charge on any atom is -0.440 e. The molecule has 0 amide bonds. The molecule has 0 aliphatic heterocycles. The van der Waals surface area contributed by atoms with Crippen molar-refractivity contribution in [1.29, 1.82) is 0 Å². The number of pyridine rings is 1. The maximum atomic E-state index is 6.01. The molecular formula is C20H20N2O. The summed E-state index contributed by atoms with van der Waals surface area (Å²) in [5, 5.41) is 0. The maximum absolute atomic E-state index is 6.01. The molecule has 3 heteroatoms. The first-order valence-electron chi connectivity index (χ1n) is 8.23. The van der Waals surface area contributed by atoms with Crippen molar-refractivity contribution in [2.75, 3.05) is 0 Å². The van der Waals surface area contributed by atoms with Gasteiger partial charge in [0.05, 0.1) is 5.69 Å². The van der Waals surface area contributed by atoms with Crippen molar-refractivity contribution < 1.29 is 4.42 Å². The van der Waals surface area contributed by atoms with Gasteiger partial charge in [0.2, 0.25) is 5.89 Å². The first kappa shape index (κ1) is 14.2. The van der Waals surface area contributed by atoms with Crippen molar-refractivity contribution >= 4 is 0 Å². The predicted molar refractivity (Wildman–Crippen MR) is 90.1 cm³/mol. The third-order valence-electron chi connectivity index (χ3n) is 4.53. The second-order valence-electron chi connectivity index (χ2n) is 6.41. The van der Waals surface area contributed by atoms with Gasteiger partial charge in [0, 0.05) is 12.6 Å². The molecule has 23 heavy (non-hydrogen) atoms. The molecule has 2 aromatic heterocycles. The van der Waals surface area contributed by atoms with E-state index in [9.17, 15) is 0 Å². The second-order valence-corrected chi connectivity index (χ2v) is 6.41. The Hall–Kier alpha value is -2.42. The molecule has 0 N–H and O–H groups in total. The van der Waals surface area contributed by atoms with Crippen LogP contribution in [0.25, 0.3) is 11.6 Å². The number of oxazole rings is 1. The molecule has 3 nitrogen and oxygen atoms in total. The van der Waals surface area contributed by atoms with E-state index in [0.717, 1.165) is 36.4 Å². The van der Waals surface area contributed by atoms with Gasteiger partial charge < -0.3 is 4.42 Å². The van der Waals surface area contributed by atoms with E-state index < -0.39 is 0 Å². The number of hydrogen-bond acceptors (Lipinski definition) is 3. The van der Waals surface area contributed by atoms with Gasteiger partial charge in [-0.15, -0.1) is 0 Å². The zero-order valence-electron chi connectivity index (χ0n) is 13.3. The lowest BCUT2D eigenvalue weighted by molar-refractivity contribution is 0.393. The normalized spacial score (nSPS) is 17.0. The Labute approximate surface area is 136 Å². The Balaban J connectivity index is 1.52. The molecule has 0 saturated carbocycles. The lowest BCUT2D eigenvalue weighted by atomic mass is 9.85. The third kappa shape index (κ3) is 3.04. The number of aromatic nitrogens is 2. The molecule has 0 saturated heterocycles. The Bertz CT molecular complexity index is 808. The highest BCUT2D eigenvalue weighted by Gasteiger charge is 2.25. The Morgan fingerprint density at radius 1 is 1.17 bits per heavy atom. The molecule has 0 fully saturated rings. The van der Waals surface area contributed by atoms with Crippen molar-refractivity contribution in [3.8, 4) is 11.6 Å². The van der Waals surface area contributed by atoms with Gasteiger partial charge in [-0.05, 0) is 49.8 Å². The SMILES string of the molecule is Cc1cccc(CC2CCc3nc(-c4ccccn4)oc3C2)c1. The van der Waals surface area contributed by atoms with E-state index in [2.05, 4.69) is 41.2 Å². The molecular weight excluding hydrogens is 284 g/mol. The largest absolute Gasteiger partial charge is 0.440 e. The van der Waals surface area contributed by atoms with E-state index in [1.54, 1.807) is 6.20 Å². The highest BCUT2D eigenvalue weighted by Crippen LogP contribution is 2.31. The molecule has 116 valence electrons. The zero-order chi connectivity index (χ0) is 15.6. The van der Waals surface area contributed by atoms with E-state index in [1.165, 1.54) is 17.5 Å². The van der Waals surface area contributed by atoms with Crippen LogP contribution < -0.4 is 0 Å². The highest BCUT2D eigenvalue weighted by molar-refractivity contribution is 5.47. The highest BCUT2D eigenvalue weighted by atomic mass is 16.4. The van der Waals surface area contributed by atoms with Gasteiger partial charge >= 0.3 is 0 Å². The molecule has 1 unspecified atom stereocenters. The number of fused-ring (bicyclic) bond motifs is 1. The summed E-state index contributed by atoms with van der Waals surface area (Å²) in [5.74, 6) is 2.34. The van der Waals surface area contributed by atoms with Crippen LogP contribution in [-0.4, -0.2) is 9.97 Å². The summed E-state index contributed by atoms with van der Waals surface area (Å²) in [5.41, 5.74) is 4.68. The van der Waals surface area contributed by atoms with Crippen LogP contribution in [0.3, 0.4) is 0 Å². The first-order valence-corrected chi connectivity index (χ1v) is 8.23. The van der Waals surface area contributed by atoms with E-state index in [-0.39, 0.29) is 0 Å². The van der Waals surface area contributed by atoms with Crippen LogP contribution in [0.15, 0.2) is 53.1 Å². The average molecular weight is 304 g/mol. The van der Waals surface area contributed by atoms with Crippen molar-refractivity contribution in [2.45, 2.75) is 32.6 Å². The monoisotopic (exact) mass is 304 g/mol. The predicted octanol–water partition coefficient (Wildman–Crippen LogP) is 4.39. The molecule has 3 aromatic rings. The van der Waals surface area contributed by atoms with Gasteiger partial charge in [-0.3, -0.25) is 4.98 Å². The third-order valence-corrected chi connectivity index (χ3v) is 4.53. The standard InChI is InChI=1S/C20H20N2O/c1-14-5-4-6-15(11-14)12-16-8-9-17-19(13-16)23-20(22-17)18-7-2-3-10-21-18/h2-7,10-11,16H,8-9,12-13H2,1H3. The molecule has 1 aromatic carbocycles. The molecule has 4 rings (SSSR count). The van der Waals surface area contributed by atoms with E-state index in [4.69, 9.17) is 4.42 Å². The number of benzene rings is 1. The molecule has 0 bridgehead atoms. The number of nitrogens with zero attached hydrogens (tertiary/aromatic N) is 2. The minimum atomic E-state index is 0.633. The lowest BCUT2D eigenvalue weighted by Crippen LogP contribution is -2.15. The van der Waals surface area contributed by atoms with Gasteiger partial charge in [-0.1, -0.05) is 35.9 Å². The summed E-state index contributed by atoms with van der Waals surface area (Å²) in [7, 11) is 0.